The molecule has 29 heavy (non-hydrogen) atoms. The first-order chi connectivity index (χ1) is 14.2. The lowest BCUT2D eigenvalue weighted by Gasteiger charge is -2.23. The first kappa shape index (κ1) is 20.1. The molecule has 0 unspecified atom stereocenters. The summed E-state index contributed by atoms with van der Waals surface area (Å²) in [7, 11) is 1.36. The van der Waals surface area contributed by atoms with Crippen molar-refractivity contribution < 1.29 is 14.3 Å². The highest BCUT2D eigenvalue weighted by Gasteiger charge is 2.15. The fourth-order valence-electron chi connectivity index (χ4n) is 2.97. The maximum Gasteiger partial charge on any atom is 0.337 e. The molecule has 0 saturated carbocycles. The average Bonchev–Trinajstić information content (AvgIpc) is 2.77. The molecular formula is C24H24N2O3. The predicted molar refractivity (Wildman–Crippen MR) is 114 cm³/mol. The number of esters is 1. The second kappa shape index (κ2) is 10.1. The van der Waals surface area contributed by atoms with E-state index in [1.807, 2.05) is 60.7 Å². The van der Waals surface area contributed by atoms with E-state index in [0.717, 1.165) is 17.7 Å². The molecule has 1 N–H and O–H groups in total. The monoisotopic (exact) mass is 388 g/mol. The first-order valence-electron chi connectivity index (χ1n) is 9.48. The van der Waals surface area contributed by atoms with Crippen LogP contribution >= 0.6 is 0 Å². The Labute approximate surface area is 170 Å². The van der Waals surface area contributed by atoms with Crippen LogP contribution in [0.1, 0.15) is 21.5 Å². The zero-order chi connectivity index (χ0) is 20.5. The lowest BCUT2D eigenvalue weighted by Crippen LogP contribution is -2.36. The topological polar surface area (TPSA) is 58.6 Å². The van der Waals surface area contributed by atoms with E-state index in [1.165, 1.54) is 12.7 Å². The number of anilines is 1. The average molecular weight is 388 g/mol. The second-order valence-electron chi connectivity index (χ2n) is 6.64. The lowest BCUT2D eigenvalue weighted by atomic mass is 10.1. The number of rotatable bonds is 7. The van der Waals surface area contributed by atoms with Crippen molar-refractivity contribution in [2.45, 2.75) is 13.0 Å². The van der Waals surface area contributed by atoms with Crippen molar-refractivity contribution in [1.29, 1.82) is 0 Å². The van der Waals surface area contributed by atoms with Gasteiger partial charge in [0.1, 0.15) is 0 Å². The van der Waals surface area contributed by atoms with E-state index in [1.54, 1.807) is 17.0 Å². The fraction of sp³-hybridized carbons (Fsp3) is 0.167. The Bertz CT molecular complexity index is 925. The second-order valence-corrected chi connectivity index (χ2v) is 6.64. The van der Waals surface area contributed by atoms with Gasteiger partial charge in [-0.2, -0.15) is 0 Å². The summed E-state index contributed by atoms with van der Waals surface area (Å²) in [5, 5.41) is 2.95. The van der Waals surface area contributed by atoms with Crippen LogP contribution in [0.25, 0.3) is 0 Å². The number of para-hydroxylation sites is 1. The van der Waals surface area contributed by atoms with Crippen molar-refractivity contribution in [2.75, 3.05) is 19.0 Å². The molecule has 3 rings (SSSR count). The molecule has 0 aliphatic carbocycles. The van der Waals surface area contributed by atoms with Gasteiger partial charge in [-0.25, -0.2) is 9.59 Å². The molecule has 3 aromatic carbocycles. The van der Waals surface area contributed by atoms with Gasteiger partial charge in [0, 0.05) is 18.8 Å². The number of hydrogen-bond acceptors (Lipinski definition) is 3. The maximum atomic E-state index is 12.9. The number of nitrogens with zero attached hydrogens (tertiary/aromatic N) is 1. The van der Waals surface area contributed by atoms with Crippen LogP contribution in [0.5, 0.6) is 0 Å². The van der Waals surface area contributed by atoms with Gasteiger partial charge >= 0.3 is 12.0 Å². The van der Waals surface area contributed by atoms with Crippen LogP contribution in [-0.2, 0) is 17.7 Å². The molecule has 0 aliphatic heterocycles. The lowest BCUT2D eigenvalue weighted by molar-refractivity contribution is 0.0600. The van der Waals surface area contributed by atoms with Gasteiger partial charge in [-0.3, -0.25) is 0 Å². The van der Waals surface area contributed by atoms with Crippen molar-refractivity contribution in [3.05, 3.63) is 102 Å². The third-order valence-corrected chi connectivity index (χ3v) is 4.57. The maximum absolute atomic E-state index is 12.9. The molecule has 0 atom stereocenters. The number of ether oxygens (including phenoxy) is 1. The predicted octanol–water partition coefficient (Wildman–Crippen LogP) is 4.75. The van der Waals surface area contributed by atoms with Gasteiger partial charge in [0.15, 0.2) is 0 Å². The summed E-state index contributed by atoms with van der Waals surface area (Å²) in [5.74, 6) is -0.376. The summed E-state index contributed by atoms with van der Waals surface area (Å²) in [4.78, 5) is 26.3. The minimum atomic E-state index is -0.376. The number of hydrogen-bond donors (Lipinski definition) is 1. The summed E-state index contributed by atoms with van der Waals surface area (Å²) >= 11 is 0. The number of carbonyl (C=O) groups is 2. The van der Waals surface area contributed by atoms with E-state index >= 15 is 0 Å². The van der Waals surface area contributed by atoms with Crippen LogP contribution in [0.15, 0.2) is 84.9 Å². The Morgan fingerprint density at radius 3 is 2.07 bits per heavy atom. The van der Waals surface area contributed by atoms with Crippen LogP contribution in [0.4, 0.5) is 10.5 Å². The molecule has 0 spiro atoms. The molecule has 148 valence electrons. The number of amides is 2. The zero-order valence-electron chi connectivity index (χ0n) is 16.4. The van der Waals surface area contributed by atoms with E-state index < -0.39 is 0 Å². The van der Waals surface area contributed by atoms with Crippen LogP contribution in [-0.4, -0.2) is 30.6 Å². The Morgan fingerprint density at radius 2 is 1.45 bits per heavy atom. The number of nitrogens with one attached hydrogen (secondary N) is 1. The summed E-state index contributed by atoms with van der Waals surface area (Å²) in [5.41, 5.74) is 3.35. The molecule has 3 aromatic rings. The molecular weight excluding hydrogens is 364 g/mol. The van der Waals surface area contributed by atoms with E-state index in [-0.39, 0.29) is 12.0 Å². The largest absolute Gasteiger partial charge is 0.465 e. The molecule has 0 heterocycles. The van der Waals surface area contributed by atoms with Gasteiger partial charge in [-0.05, 0) is 41.8 Å². The molecule has 0 fully saturated rings. The van der Waals surface area contributed by atoms with Gasteiger partial charge in [0.2, 0.25) is 0 Å². The smallest absolute Gasteiger partial charge is 0.337 e. The Morgan fingerprint density at radius 1 is 0.828 bits per heavy atom. The van der Waals surface area contributed by atoms with Crippen LogP contribution in [0, 0.1) is 0 Å². The molecule has 0 saturated heterocycles. The van der Waals surface area contributed by atoms with Crippen molar-refractivity contribution in [3.63, 3.8) is 0 Å². The van der Waals surface area contributed by atoms with Crippen molar-refractivity contribution >= 4 is 17.7 Å². The Kier molecular flexibility index (Phi) is 7.00. The number of methoxy groups -OCH3 is 1. The summed E-state index contributed by atoms with van der Waals surface area (Å²) in [6, 6.07) is 26.4. The van der Waals surface area contributed by atoms with Crippen molar-refractivity contribution in [3.8, 4) is 0 Å². The highest BCUT2D eigenvalue weighted by molar-refractivity contribution is 5.90. The van der Waals surface area contributed by atoms with Crippen LogP contribution in [0.3, 0.4) is 0 Å². The minimum Gasteiger partial charge on any atom is -0.465 e. The van der Waals surface area contributed by atoms with E-state index in [4.69, 9.17) is 4.74 Å². The standard InChI is InChI=1S/C24H24N2O3/c1-29-23(27)21-14-12-20(13-15-21)18-26(17-16-19-8-4-2-5-9-19)24(28)25-22-10-6-3-7-11-22/h2-15H,16-18H2,1H3,(H,25,28). The molecule has 0 aliphatic rings. The highest BCUT2D eigenvalue weighted by Crippen LogP contribution is 2.13. The molecule has 5 nitrogen and oxygen atoms in total. The molecule has 0 aromatic heterocycles. The Hall–Kier alpha value is -3.60. The van der Waals surface area contributed by atoms with Crippen LogP contribution < -0.4 is 5.32 Å². The molecule has 5 heteroatoms. The van der Waals surface area contributed by atoms with Crippen molar-refractivity contribution in [1.82, 2.24) is 4.90 Å². The van der Waals surface area contributed by atoms with Gasteiger partial charge in [-0.1, -0.05) is 60.7 Å². The third-order valence-electron chi connectivity index (χ3n) is 4.57. The third kappa shape index (κ3) is 5.94. The molecule has 2 amide bonds. The molecule has 0 bridgehead atoms. The Balaban J connectivity index is 1.72. The normalized spacial score (nSPS) is 10.2. The summed E-state index contributed by atoms with van der Waals surface area (Å²) < 4.78 is 4.74. The summed E-state index contributed by atoms with van der Waals surface area (Å²) in [6.45, 7) is 1.01. The van der Waals surface area contributed by atoms with Gasteiger partial charge < -0.3 is 15.0 Å². The van der Waals surface area contributed by atoms with Gasteiger partial charge in [-0.15, -0.1) is 0 Å². The van der Waals surface area contributed by atoms with E-state index in [0.29, 0.717) is 18.7 Å². The quantitative estimate of drug-likeness (QED) is 0.594. The number of benzene rings is 3. The zero-order valence-corrected chi connectivity index (χ0v) is 16.4. The highest BCUT2D eigenvalue weighted by atomic mass is 16.5. The van der Waals surface area contributed by atoms with Crippen LogP contribution in [0.2, 0.25) is 0 Å². The minimum absolute atomic E-state index is 0.163. The fourth-order valence-corrected chi connectivity index (χ4v) is 2.97. The number of urea groups is 1. The van der Waals surface area contributed by atoms with E-state index in [2.05, 4.69) is 17.4 Å². The number of carbonyl (C=O) groups excluding carboxylic acids is 2. The summed E-state index contributed by atoms with van der Waals surface area (Å²) in [6.07, 6.45) is 0.753. The van der Waals surface area contributed by atoms with Gasteiger partial charge in [0.05, 0.1) is 12.7 Å². The van der Waals surface area contributed by atoms with Gasteiger partial charge in [0.25, 0.3) is 0 Å². The van der Waals surface area contributed by atoms with Crippen molar-refractivity contribution in [2.24, 2.45) is 0 Å². The SMILES string of the molecule is COC(=O)c1ccc(CN(CCc2ccccc2)C(=O)Nc2ccccc2)cc1. The molecule has 0 radical (unpaired) electrons. The van der Waals surface area contributed by atoms with E-state index in [9.17, 15) is 9.59 Å². The first-order valence-corrected chi connectivity index (χ1v) is 9.48.